The van der Waals surface area contributed by atoms with Gasteiger partial charge in [-0.05, 0) is 79.0 Å². The molecule has 2 aromatic carbocycles. The molecule has 7 nitrogen and oxygen atoms in total. The molecule has 7 rings (SSSR count). The van der Waals surface area contributed by atoms with Gasteiger partial charge in [-0.25, -0.2) is 18.7 Å². The number of fused-ring (bicyclic) bond motifs is 2. The number of imidazole rings is 1. The molecule has 0 bridgehead atoms. The smallest absolute Gasteiger partial charge is 0.178 e. The summed E-state index contributed by atoms with van der Waals surface area (Å²) in [5, 5.41) is 7.79. The van der Waals surface area contributed by atoms with Crippen molar-refractivity contribution in [2.75, 3.05) is 13.1 Å². The number of hydrogen-bond donors (Lipinski definition) is 2. The Morgan fingerprint density at radius 2 is 1.74 bits per heavy atom. The second-order valence-electron chi connectivity index (χ2n) is 9.67. The van der Waals surface area contributed by atoms with Crippen molar-refractivity contribution >= 4 is 22.1 Å². The van der Waals surface area contributed by atoms with Gasteiger partial charge in [0.25, 0.3) is 0 Å². The van der Waals surface area contributed by atoms with Gasteiger partial charge in [-0.1, -0.05) is 12.1 Å². The van der Waals surface area contributed by atoms with E-state index in [9.17, 15) is 4.39 Å². The Hall–Kier alpha value is -4.50. The largest absolute Gasteiger partial charge is 0.335 e. The molecule has 188 valence electrons. The van der Waals surface area contributed by atoms with Crippen LogP contribution in [0.1, 0.15) is 18.4 Å². The van der Waals surface area contributed by atoms with Crippen molar-refractivity contribution in [1.82, 2.24) is 35.0 Å². The molecular formula is C29H23F2N7. The average molecular weight is 508 g/mol. The highest BCUT2D eigenvalue weighted by Crippen LogP contribution is 2.34. The molecule has 0 unspecified atom stereocenters. The van der Waals surface area contributed by atoms with Crippen molar-refractivity contribution in [2.24, 2.45) is 0 Å². The van der Waals surface area contributed by atoms with Gasteiger partial charge in [-0.15, -0.1) is 0 Å². The van der Waals surface area contributed by atoms with Crippen LogP contribution in [-0.2, 0) is 6.54 Å². The summed E-state index contributed by atoms with van der Waals surface area (Å²) >= 11 is 0. The van der Waals surface area contributed by atoms with Gasteiger partial charge < -0.3 is 4.98 Å². The van der Waals surface area contributed by atoms with Crippen molar-refractivity contribution in [1.29, 1.82) is 0 Å². The maximum absolute atomic E-state index is 15.2. The average Bonchev–Trinajstić information content (AvgIpc) is 3.69. The summed E-state index contributed by atoms with van der Waals surface area (Å²) in [5.74, 6) is -0.240. The maximum atomic E-state index is 15.2. The molecule has 9 heteroatoms. The number of halogens is 2. The fourth-order valence-corrected chi connectivity index (χ4v) is 5.25. The standard InChI is InChI=1S/C29H23F2N7/c30-21-5-3-18(4-6-21)22-7-8-33-28-26(22)34-29(35-28)27-23-12-19(13-24(31)25(23)36-37-27)20-11-17(14-32-15-20)16-38-9-1-2-10-38/h3-8,11-15H,1-2,9-10,16H2,(H,36,37)(H,33,34,35). The first-order chi connectivity index (χ1) is 18.6. The van der Waals surface area contributed by atoms with Gasteiger partial charge in [-0.3, -0.25) is 15.0 Å². The van der Waals surface area contributed by atoms with Crippen LogP contribution in [-0.4, -0.2) is 48.1 Å². The Morgan fingerprint density at radius 3 is 2.58 bits per heavy atom. The first-order valence-electron chi connectivity index (χ1n) is 12.6. The van der Waals surface area contributed by atoms with Crippen LogP contribution in [0.5, 0.6) is 0 Å². The lowest BCUT2D eigenvalue weighted by molar-refractivity contribution is 0.331. The summed E-state index contributed by atoms with van der Waals surface area (Å²) in [7, 11) is 0. The van der Waals surface area contributed by atoms with Crippen LogP contribution in [0.4, 0.5) is 8.78 Å². The summed E-state index contributed by atoms with van der Waals surface area (Å²) < 4.78 is 28.7. The minimum absolute atomic E-state index is 0.233. The molecule has 0 atom stereocenters. The number of H-pyrrole nitrogens is 2. The van der Waals surface area contributed by atoms with E-state index in [0.29, 0.717) is 28.1 Å². The van der Waals surface area contributed by atoms with E-state index in [1.54, 1.807) is 24.5 Å². The Labute approximate surface area is 216 Å². The van der Waals surface area contributed by atoms with Crippen LogP contribution in [0.3, 0.4) is 0 Å². The monoisotopic (exact) mass is 507 g/mol. The van der Waals surface area contributed by atoms with E-state index in [-0.39, 0.29) is 11.3 Å². The van der Waals surface area contributed by atoms with Crippen LogP contribution in [0, 0.1) is 11.6 Å². The van der Waals surface area contributed by atoms with Crippen LogP contribution >= 0.6 is 0 Å². The zero-order valence-corrected chi connectivity index (χ0v) is 20.4. The van der Waals surface area contributed by atoms with Crippen molar-refractivity contribution in [3.8, 4) is 33.8 Å². The quantitative estimate of drug-likeness (QED) is 0.294. The molecule has 1 fully saturated rings. The molecule has 1 saturated heterocycles. The maximum Gasteiger partial charge on any atom is 0.178 e. The number of benzene rings is 2. The van der Waals surface area contributed by atoms with Gasteiger partial charge in [0.1, 0.15) is 17.0 Å². The number of nitrogens with zero attached hydrogens (tertiary/aromatic N) is 5. The third kappa shape index (κ3) is 4.01. The van der Waals surface area contributed by atoms with E-state index in [2.05, 4.69) is 41.1 Å². The van der Waals surface area contributed by atoms with Crippen molar-refractivity contribution in [2.45, 2.75) is 19.4 Å². The second kappa shape index (κ2) is 9.11. The molecule has 38 heavy (non-hydrogen) atoms. The number of hydrogen-bond acceptors (Lipinski definition) is 5. The minimum atomic E-state index is -0.425. The number of aromatic nitrogens is 6. The molecule has 0 radical (unpaired) electrons. The zero-order chi connectivity index (χ0) is 25.6. The molecule has 1 aliphatic rings. The predicted octanol–water partition coefficient (Wildman–Crippen LogP) is 6.10. The summed E-state index contributed by atoms with van der Waals surface area (Å²) in [6.07, 6.45) is 7.74. The molecule has 0 saturated carbocycles. The molecule has 0 amide bonds. The predicted molar refractivity (Wildman–Crippen MR) is 142 cm³/mol. The first-order valence-corrected chi connectivity index (χ1v) is 12.6. The molecular weight excluding hydrogens is 484 g/mol. The Kier molecular flexibility index (Phi) is 5.44. The molecule has 6 aromatic rings. The normalized spacial score (nSPS) is 14.2. The molecule has 4 aromatic heterocycles. The highest BCUT2D eigenvalue weighted by Gasteiger charge is 2.19. The summed E-state index contributed by atoms with van der Waals surface area (Å²) in [5.41, 5.74) is 6.33. The zero-order valence-electron chi connectivity index (χ0n) is 20.4. The lowest BCUT2D eigenvalue weighted by atomic mass is 10.0. The van der Waals surface area contributed by atoms with Gasteiger partial charge in [0, 0.05) is 41.6 Å². The Bertz CT molecular complexity index is 1780. The number of pyridine rings is 2. The van der Waals surface area contributed by atoms with E-state index in [0.717, 1.165) is 47.5 Å². The molecule has 0 spiro atoms. The van der Waals surface area contributed by atoms with Gasteiger partial charge in [0.15, 0.2) is 17.3 Å². The topological polar surface area (TPSA) is 86.4 Å². The van der Waals surface area contributed by atoms with Crippen molar-refractivity contribution in [3.05, 3.63) is 84.3 Å². The van der Waals surface area contributed by atoms with Gasteiger partial charge in [-0.2, -0.15) is 5.10 Å². The van der Waals surface area contributed by atoms with E-state index in [4.69, 9.17) is 0 Å². The van der Waals surface area contributed by atoms with Crippen LogP contribution < -0.4 is 0 Å². The fraction of sp³-hybridized carbons (Fsp3) is 0.172. The highest BCUT2D eigenvalue weighted by atomic mass is 19.1. The van der Waals surface area contributed by atoms with E-state index < -0.39 is 5.82 Å². The second-order valence-corrected chi connectivity index (χ2v) is 9.67. The first kappa shape index (κ1) is 22.7. The van der Waals surface area contributed by atoms with Crippen LogP contribution in [0.15, 0.2) is 67.1 Å². The Balaban J connectivity index is 1.30. The van der Waals surface area contributed by atoms with Crippen LogP contribution in [0.25, 0.3) is 55.8 Å². The van der Waals surface area contributed by atoms with Crippen molar-refractivity contribution in [3.63, 3.8) is 0 Å². The highest BCUT2D eigenvalue weighted by molar-refractivity contribution is 5.97. The van der Waals surface area contributed by atoms with E-state index >= 15 is 4.39 Å². The summed E-state index contributed by atoms with van der Waals surface area (Å²) in [6, 6.07) is 13.6. The summed E-state index contributed by atoms with van der Waals surface area (Å²) in [6.45, 7) is 3.03. The SMILES string of the molecule is Fc1ccc(-c2ccnc3nc(-c4[nH]nc5c(F)cc(-c6cncc(CN7CCCC7)c6)cc45)[nH]c23)cc1. The third-order valence-electron chi connectivity index (χ3n) is 7.13. The van der Waals surface area contributed by atoms with E-state index in [1.165, 1.54) is 31.0 Å². The lowest BCUT2D eigenvalue weighted by Gasteiger charge is -2.14. The van der Waals surface area contributed by atoms with Crippen molar-refractivity contribution < 1.29 is 8.78 Å². The third-order valence-corrected chi connectivity index (χ3v) is 7.13. The van der Waals surface area contributed by atoms with Gasteiger partial charge in [0.05, 0.1) is 5.52 Å². The number of aromatic amines is 2. The Morgan fingerprint density at radius 1 is 0.895 bits per heavy atom. The molecule has 2 N–H and O–H groups in total. The molecule has 5 heterocycles. The number of nitrogens with one attached hydrogen (secondary N) is 2. The van der Waals surface area contributed by atoms with Gasteiger partial charge in [0.2, 0.25) is 0 Å². The molecule has 0 aliphatic carbocycles. The van der Waals surface area contributed by atoms with E-state index in [1.807, 2.05) is 18.3 Å². The lowest BCUT2D eigenvalue weighted by Crippen LogP contribution is -2.18. The minimum Gasteiger partial charge on any atom is -0.335 e. The van der Waals surface area contributed by atoms with Gasteiger partial charge >= 0.3 is 0 Å². The molecule has 1 aliphatic heterocycles. The number of likely N-dealkylation sites (tertiary alicyclic amines) is 1. The fourth-order valence-electron chi connectivity index (χ4n) is 5.25. The summed E-state index contributed by atoms with van der Waals surface area (Å²) in [4.78, 5) is 19.2. The van der Waals surface area contributed by atoms with Crippen LogP contribution in [0.2, 0.25) is 0 Å². The number of rotatable bonds is 5.